The molecule has 1 aromatic rings. The third-order valence-electron chi connectivity index (χ3n) is 2.74. The van der Waals surface area contributed by atoms with Crippen molar-refractivity contribution in [3.8, 4) is 0 Å². The summed E-state index contributed by atoms with van der Waals surface area (Å²) >= 11 is 0. The molecule has 1 heterocycles. The van der Waals surface area contributed by atoms with E-state index in [0.29, 0.717) is 5.92 Å². The molecule has 4 nitrogen and oxygen atoms in total. The first-order chi connectivity index (χ1) is 6.25. The maximum atomic E-state index is 9.60. The number of nitrogens with zero attached hydrogens (tertiary/aromatic N) is 3. The van der Waals surface area contributed by atoms with Crippen molar-refractivity contribution in [2.24, 2.45) is 13.0 Å². The number of hydrogen-bond donors (Lipinski definition) is 1. The molecule has 1 saturated carbocycles. The summed E-state index contributed by atoms with van der Waals surface area (Å²) in [6, 6.07) is 0. The van der Waals surface area contributed by atoms with Crippen molar-refractivity contribution < 1.29 is 5.11 Å². The topological polar surface area (TPSA) is 50.9 Å². The van der Waals surface area contributed by atoms with Gasteiger partial charge in [0.1, 0.15) is 0 Å². The predicted molar refractivity (Wildman–Crippen MR) is 48.1 cm³/mol. The highest BCUT2D eigenvalue weighted by Crippen LogP contribution is 2.27. The molecule has 0 unspecified atom stereocenters. The smallest absolute Gasteiger partial charge is 0.0830 e. The Bertz CT molecular complexity index is 284. The standard InChI is InChI=1S/C9H15N3O/c1-12-6-8(10-11-12)5-7-3-2-4-9(7)13/h6-7,9,13H,2-5H2,1H3/t7-,9+/m0/s1. The van der Waals surface area contributed by atoms with Crippen molar-refractivity contribution in [3.05, 3.63) is 11.9 Å². The Morgan fingerprint density at radius 3 is 3.00 bits per heavy atom. The second kappa shape index (κ2) is 3.46. The van der Waals surface area contributed by atoms with Crippen LogP contribution in [0, 0.1) is 5.92 Å². The fraction of sp³-hybridized carbons (Fsp3) is 0.778. The molecule has 2 atom stereocenters. The number of rotatable bonds is 2. The van der Waals surface area contributed by atoms with E-state index in [2.05, 4.69) is 10.3 Å². The number of aliphatic hydroxyl groups excluding tert-OH is 1. The summed E-state index contributed by atoms with van der Waals surface area (Å²) in [5.41, 5.74) is 0.994. The van der Waals surface area contributed by atoms with Gasteiger partial charge in [-0.3, -0.25) is 4.68 Å². The van der Waals surface area contributed by atoms with E-state index in [1.54, 1.807) is 4.68 Å². The van der Waals surface area contributed by atoms with E-state index in [0.717, 1.165) is 31.4 Å². The Morgan fingerprint density at radius 2 is 2.46 bits per heavy atom. The number of aliphatic hydroxyl groups is 1. The van der Waals surface area contributed by atoms with Crippen LogP contribution in [0.1, 0.15) is 25.0 Å². The van der Waals surface area contributed by atoms with Gasteiger partial charge in [-0.15, -0.1) is 5.10 Å². The zero-order valence-electron chi connectivity index (χ0n) is 7.85. The summed E-state index contributed by atoms with van der Waals surface area (Å²) in [4.78, 5) is 0. The van der Waals surface area contributed by atoms with Gasteiger partial charge in [0.25, 0.3) is 0 Å². The molecule has 13 heavy (non-hydrogen) atoms. The van der Waals surface area contributed by atoms with Crippen LogP contribution in [0.25, 0.3) is 0 Å². The first kappa shape index (κ1) is 8.69. The Morgan fingerprint density at radius 1 is 1.62 bits per heavy atom. The van der Waals surface area contributed by atoms with Crippen molar-refractivity contribution in [1.82, 2.24) is 15.0 Å². The van der Waals surface area contributed by atoms with Gasteiger partial charge < -0.3 is 5.11 Å². The molecular weight excluding hydrogens is 166 g/mol. The molecule has 0 saturated heterocycles. The average Bonchev–Trinajstić information content (AvgIpc) is 2.64. The molecule has 0 aliphatic heterocycles. The molecule has 4 heteroatoms. The molecule has 2 rings (SSSR count). The lowest BCUT2D eigenvalue weighted by atomic mass is 10.0. The van der Waals surface area contributed by atoms with Gasteiger partial charge in [-0.2, -0.15) is 0 Å². The van der Waals surface area contributed by atoms with Gasteiger partial charge in [0.2, 0.25) is 0 Å². The van der Waals surface area contributed by atoms with E-state index < -0.39 is 0 Å². The Kier molecular flexibility index (Phi) is 2.31. The maximum Gasteiger partial charge on any atom is 0.0830 e. The normalized spacial score (nSPS) is 28.2. The largest absolute Gasteiger partial charge is 0.393 e. The van der Waals surface area contributed by atoms with E-state index in [-0.39, 0.29) is 6.10 Å². The highest BCUT2D eigenvalue weighted by molar-refractivity contribution is 4.96. The van der Waals surface area contributed by atoms with Crippen LogP contribution in [0.5, 0.6) is 0 Å². The summed E-state index contributed by atoms with van der Waals surface area (Å²) in [7, 11) is 1.86. The number of aromatic nitrogens is 3. The third kappa shape index (κ3) is 1.88. The van der Waals surface area contributed by atoms with Gasteiger partial charge >= 0.3 is 0 Å². The lowest BCUT2D eigenvalue weighted by Gasteiger charge is -2.11. The number of hydrogen-bond acceptors (Lipinski definition) is 3. The van der Waals surface area contributed by atoms with Gasteiger partial charge in [0.15, 0.2) is 0 Å². The average molecular weight is 181 g/mol. The van der Waals surface area contributed by atoms with E-state index >= 15 is 0 Å². The molecule has 0 aromatic carbocycles. The Hall–Kier alpha value is -0.900. The second-order valence-corrected chi connectivity index (χ2v) is 3.85. The Labute approximate surface area is 77.6 Å². The Balaban J connectivity index is 1.97. The van der Waals surface area contributed by atoms with E-state index in [1.165, 1.54) is 0 Å². The predicted octanol–water partition coefficient (Wildman–Crippen LogP) is 0.519. The molecule has 0 bridgehead atoms. The minimum atomic E-state index is -0.123. The summed E-state index contributed by atoms with van der Waals surface area (Å²) in [5, 5.41) is 17.5. The van der Waals surface area contributed by atoms with Crippen LogP contribution in [0.3, 0.4) is 0 Å². The van der Waals surface area contributed by atoms with Crippen molar-refractivity contribution in [1.29, 1.82) is 0 Å². The van der Waals surface area contributed by atoms with Crippen LogP contribution < -0.4 is 0 Å². The van der Waals surface area contributed by atoms with Gasteiger partial charge in [-0.1, -0.05) is 11.6 Å². The lowest BCUT2D eigenvalue weighted by Crippen LogP contribution is -2.15. The summed E-state index contributed by atoms with van der Waals surface area (Å²) in [5.74, 6) is 0.400. The molecule has 1 aliphatic carbocycles. The molecule has 1 aliphatic rings. The molecular formula is C9H15N3O. The highest BCUT2D eigenvalue weighted by atomic mass is 16.3. The van der Waals surface area contributed by atoms with Crippen LogP contribution in [-0.4, -0.2) is 26.2 Å². The SMILES string of the molecule is Cn1cc(C[C@@H]2CCC[C@H]2O)nn1. The van der Waals surface area contributed by atoms with Crippen molar-refractivity contribution in [3.63, 3.8) is 0 Å². The van der Waals surface area contributed by atoms with Crippen LogP contribution in [0.15, 0.2) is 6.20 Å². The molecule has 1 aromatic heterocycles. The highest BCUT2D eigenvalue weighted by Gasteiger charge is 2.25. The van der Waals surface area contributed by atoms with Crippen molar-refractivity contribution >= 4 is 0 Å². The van der Waals surface area contributed by atoms with Gasteiger partial charge in [0, 0.05) is 13.2 Å². The number of aryl methyl sites for hydroxylation is 1. The maximum absolute atomic E-state index is 9.60. The van der Waals surface area contributed by atoms with Crippen LogP contribution in [0.2, 0.25) is 0 Å². The molecule has 72 valence electrons. The molecule has 0 amide bonds. The molecule has 1 fully saturated rings. The lowest BCUT2D eigenvalue weighted by molar-refractivity contribution is 0.132. The second-order valence-electron chi connectivity index (χ2n) is 3.85. The zero-order chi connectivity index (χ0) is 9.26. The van der Waals surface area contributed by atoms with E-state index in [9.17, 15) is 5.11 Å². The van der Waals surface area contributed by atoms with E-state index in [4.69, 9.17) is 0 Å². The summed E-state index contributed by atoms with van der Waals surface area (Å²) in [6.45, 7) is 0. The van der Waals surface area contributed by atoms with Gasteiger partial charge in [0.05, 0.1) is 11.8 Å². The quantitative estimate of drug-likeness (QED) is 0.723. The summed E-state index contributed by atoms with van der Waals surface area (Å²) < 4.78 is 1.71. The third-order valence-corrected chi connectivity index (χ3v) is 2.74. The molecule has 1 N–H and O–H groups in total. The fourth-order valence-electron chi connectivity index (χ4n) is 2.01. The van der Waals surface area contributed by atoms with Gasteiger partial charge in [-0.05, 0) is 25.2 Å². The minimum Gasteiger partial charge on any atom is -0.393 e. The van der Waals surface area contributed by atoms with E-state index in [1.807, 2.05) is 13.2 Å². The monoisotopic (exact) mass is 181 g/mol. The minimum absolute atomic E-state index is 0.123. The van der Waals surface area contributed by atoms with Crippen molar-refractivity contribution in [2.45, 2.75) is 31.8 Å². The zero-order valence-corrected chi connectivity index (χ0v) is 7.85. The van der Waals surface area contributed by atoms with Gasteiger partial charge in [-0.25, -0.2) is 0 Å². The molecule has 0 spiro atoms. The first-order valence-corrected chi connectivity index (χ1v) is 4.79. The molecule has 0 radical (unpaired) electrons. The first-order valence-electron chi connectivity index (χ1n) is 4.79. The summed E-state index contributed by atoms with van der Waals surface area (Å²) in [6.07, 6.45) is 5.89. The van der Waals surface area contributed by atoms with Crippen LogP contribution in [0.4, 0.5) is 0 Å². The van der Waals surface area contributed by atoms with Crippen LogP contribution in [-0.2, 0) is 13.5 Å². The van der Waals surface area contributed by atoms with Crippen molar-refractivity contribution in [2.75, 3.05) is 0 Å². The van der Waals surface area contributed by atoms with Crippen LogP contribution >= 0.6 is 0 Å². The fourth-order valence-corrected chi connectivity index (χ4v) is 2.01.